The first-order chi connectivity index (χ1) is 12.2. The van der Waals surface area contributed by atoms with E-state index < -0.39 is 6.23 Å². The van der Waals surface area contributed by atoms with Gasteiger partial charge in [0.05, 0.1) is 5.69 Å². The minimum Gasteiger partial charge on any atom is -0.374 e. The molecule has 2 N–H and O–H groups in total. The molecule has 0 aliphatic heterocycles. The van der Waals surface area contributed by atoms with Crippen LogP contribution in [0, 0.1) is 6.92 Å². The molecule has 26 heavy (non-hydrogen) atoms. The largest absolute Gasteiger partial charge is 0.374 e. The van der Waals surface area contributed by atoms with E-state index in [1.54, 1.807) is 6.20 Å². The summed E-state index contributed by atoms with van der Waals surface area (Å²) in [5, 5.41) is 14.5. The lowest BCUT2D eigenvalue weighted by molar-refractivity contribution is 0.107. The van der Waals surface area contributed by atoms with E-state index in [0.717, 1.165) is 22.6 Å². The van der Waals surface area contributed by atoms with Crippen molar-refractivity contribution in [2.45, 2.75) is 39.5 Å². The van der Waals surface area contributed by atoms with Crippen molar-refractivity contribution < 1.29 is 5.11 Å². The van der Waals surface area contributed by atoms with E-state index in [9.17, 15) is 5.11 Å². The van der Waals surface area contributed by atoms with E-state index in [2.05, 4.69) is 10.3 Å². The van der Waals surface area contributed by atoms with Gasteiger partial charge in [-0.15, -0.1) is 0 Å². The summed E-state index contributed by atoms with van der Waals surface area (Å²) in [5.74, 6) is 1.53. The standard InChI is InChI=1S/C20H23ClN4O/c1-13-22-9-10-25(13)18-12-15(19(26)24-20(2,3)4)11-17(23-18)14-5-7-16(21)8-6-14/h5-12,19,24,26H,1-4H3. The molecule has 0 fully saturated rings. The maximum Gasteiger partial charge on any atom is 0.139 e. The second kappa shape index (κ2) is 7.19. The maximum atomic E-state index is 10.7. The molecule has 0 amide bonds. The third-order valence-corrected chi connectivity index (χ3v) is 4.18. The van der Waals surface area contributed by atoms with Gasteiger partial charge >= 0.3 is 0 Å². The lowest BCUT2D eigenvalue weighted by Crippen LogP contribution is -2.38. The van der Waals surface area contributed by atoms with Gasteiger partial charge in [0.1, 0.15) is 17.9 Å². The Kier molecular flexibility index (Phi) is 5.14. The zero-order chi connectivity index (χ0) is 18.9. The Morgan fingerprint density at radius 3 is 2.42 bits per heavy atom. The van der Waals surface area contributed by atoms with Crippen molar-refractivity contribution in [1.29, 1.82) is 0 Å². The first-order valence-electron chi connectivity index (χ1n) is 8.47. The van der Waals surface area contributed by atoms with Crippen molar-refractivity contribution >= 4 is 11.6 Å². The van der Waals surface area contributed by atoms with Gasteiger partial charge < -0.3 is 5.11 Å². The van der Waals surface area contributed by atoms with Gasteiger partial charge in [-0.3, -0.25) is 9.88 Å². The summed E-state index contributed by atoms with van der Waals surface area (Å²) in [6, 6.07) is 11.3. The number of nitrogens with zero attached hydrogens (tertiary/aromatic N) is 3. The van der Waals surface area contributed by atoms with E-state index in [1.165, 1.54) is 0 Å². The van der Waals surface area contributed by atoms with Gasteiger partial charge in [0.2, 0.25) is 0 Å². The molecule has 3 rings (SSSR count). The first kappa shape index (κ1) is 18.6. The smallest absolute Gasteiger partial charge is 0.139 e. The van der Waals surface area contributed by atoms with Crippen LogP contribution in [0.5, 0.6) is 0 Å². The SMILES string of the molecule is Cc1nccn1-c1cc(C(O)NC(C)(C)C)cc(-c2ccc(Cl)cc2)n1. The van der Waals surface area contributed by atoms with Crippen molar-refractivity contribution in [3.05, 3.63) is 65.2 Å². The number of nitrogens with one attached hydrogen (secondary N) is 1. The summed E-state index contributed by atoms with van der Waals surface area (Å²) in [7, 11) is 0. The van der Waals surface area contributed by atoms with Crippen molar-refractivity contribution in [3.8, 4) is 17.1 Å². The molecule has 1 aromatic carbocycles. The quantitative estimate of drug-likeness (QED) is 0.673. The molecule has 1 unspecified atom stereocenters. The molecule has 0 saturated carbocycles. The van der Waals surface area contributed by atoms with Crippen LogP contribution in [-0.2, 0) is 0 Å². The summed E-state index contributed by atoms with van der Waals surface area (Å²) < 4.78 is 1.90. The Morgan fingerprint density at radius 1 is 1.15 bits per heavy atom. The maximum absolute atomic E-state index is 10.7. The molecule has 1 atom stereocenters. The molecule has 0 spiro atoms. The zero-order valence-electron chi connectivity index (χ0n) is 15.4. The highest BCUT2D eigenvalue weighted by molar-refractivity contribution is 6.30. The molecule has 0 bridgehead atoms. The van der Waals surface area contributed by atoms with Gasteiger partial charge in [0.15, 0.2) is 0 Å². The zero-order valence-corrected chi connectivity index (χ0v) is 16.1. The van der Waals surface area contributed by atoms with Gasteiger partial charge in [-0.2, -0.15) is 0 Å². The predicted octanol–water partition coefficient (Wildman–Crippen LogP) is 4.28. The van der Waals surface area contributed by atoms with Crippen molar-refractivity contribution in [3.63, 3.8) is 0 Å². The van der Waals surface area contributed by atoms with Gasteiger partial charge in [0, 0.05) is 34.1 Å². The minimum absolute atomic E-state index is 0.228. The summed E-state index contributed by atoms with van der Waals surface area (Å²) in [5.41, 5.74) is 2.20. The monoisotopic (exact) mass is 370 g/mol. The molecule has 5 nitrogen and oxygen atoms in total. The number of halogens is 1. The van der Waals surface area contributed by atoms with Gasteiger partial charge in [-0.1, -0.05) is 23.7 Å². The fourth-order valence-electron chi connectivity index (χ4n) is 2.70. The average molecular weight is 371 g/mol. The van der Waals surface area contributed by atoms with Crippen LogP contribution in [0.25, 0.3) is 17.1 Å². The Hall–Kier alpha value is -2.21. The average Bonchev–Trinajstić information content (AvgIpc) is 2.99. The topological polar surface area (TPSA) is 63.0 Å². The summed E-state index contributed by atoms with van der Waals surface area (Å²) in [4.78, 5) is 9.02. The molecule has 2 heterocycles. The molecular formula is C20H23ClN4O. The highest BCUT2D eigenvalue weighted by Gasteiger charge is 2.19. The number of aliphatic hydroxyl groups excluding tert-OH is 1. The van der Waals surface area contributed by atoms with E-state index >= 15 is 0 Å². The molecule has 0 aliphatic rings. The number of imidazole rings is 1. The fourth-order valence-corrected chi connectivity index (χ4v) is 2.83. The van der Waals surface area contributed by atoms with Crippen LogP contribution >= 0.6 is 11.6 Å². The molecule has 3 aromatic rings. The molecule has 6 heteroatoms. The molecule has 0 radical (unpaired) electrons. The van der Waals surface area contributed by atoms with Crippen molar-refractivity contribution in [2.75, 3.05) is 0 Å². The number of pyridine rings is 1. The minimum atomic E-state index is -0.813. The molecule has 0 aliphatic carbocycles. The lowest BCUT2D eigenvalue weighted by atomic mass is 10.1. The molecule has 136 valence electrons. The van der Waals surface area contributed by atoms with Crippen LogP contribution in [0.2, 0.25) is 5.02 Å². The van der Waals surface area contributed by atoms with E-state index in [1.807, 2.05) is 74.9 Å². The van der Waals surface area contributed by atoms with Crippen LogP contribution < -0.4 is 5.32 Å². The second-order valence-electron chi connectivity index (χ2n) is 7.29. The summed E-state index contributed by atoms with van der Waals surface area (Å²) in [6.07, 6.45) is 2.78. The third kappa shape index (κ3) is 4.30. The number of hydrogen-bond acceptors (Lipinski definition) is 4. The van der Waals surface area contributed by atoms with Crippen LogP contribution in [0.4, 0.5) is 0 Å². The predicted molar refractivity (Wildman–Crippen MR) is 104 cm³/mol. The number of aryl methyl sites for hydroxylation is 1. The summed E-state index contributed by atoms with van der Waals surface area (Å²) >= 11 is 6.00. The van der Waals surface area contributed by atoms with E-state index in [0.29, 0.717) is 10.8 Å². The fraction of sp³-hybridized carbons (Fsp3) is 0.300. The lowest BCUT2D eigenvalue weighted by Gasteiger charge is -2.26. The van der Waals surface area contributed by atoms with E-state index in [-0.39, 0.29) is 5.54 Å². The Balaban J connectivity index is 2.10. The van der Waals surface area contributed by atoms with Gasteiger partial charge in [-0.25, -0.2) is 9.97 Å². The number of hydrogen-bond donors (Lipinski definition) is 2. The van der Waals surface area contributed by atoms with Crippen LogP contribution in [0.1, 0.15) is 38.4 Å². The Labute approximate surface area is 158 Å². The van der Waals surface area contributed by atoms with Gasteiger partial charge in [-0.05, 0) is 52.0 Å². The van der Waals surface area contributed by atoms with Gasteiger partial charge in [0.25, 0.3) is 0 Å². The third-order valence-electron chi connectivity index (χ3n) is 3.93. The summed E-state index contributed by atoms with van der Waals surface area (Å²) in [6.45, 7) is 7.95. The van der Waals surface area contributed by atoms with Crippen LogP contribution in [-0.4, -0.2) is 25.2 Å². The highest BCUT2D eigenvalue weighted by atomic mass is 35.5. The first-order valence-corrected chi connectivity index (χ1v) is 8.85. The molecule has 2 aromatic heterocycles. The van der Waals surface area contributed by atoms with Crippen molar-refractivity contribution in [2.24, 2.45) is 0 Å². The molecule has 0 saturated heterocycles. The van der Waals surface area contributed by atoms with Crippen molar-refractivity contribution in [1.82, 2.24) is 19.9 Å². The number of aromatic nitrogens is 3. The van der Waals surface area contributed by atoms with Crippen LogP contribution in [0.15, 0.2) is 48.8 Å². The number of benzene rings is 1. The second-order valence-corrected chi connectivity index (χ2v) is 7.73. The molecular weight excluding hydrogens is 348 g/mol. The highest BCUT2D eigenvalue weighted by Crippen LogP contribution is 2.26. The van der Waals surface area contributed by atoms with E-state index in [4.69, 9.17) is 16.6 Å². The Morgan fingerprint density at radius 2 is 1.85 bits per heavy atom. The number of aliphatic hydroxyl groups is 1. The van der Waals surface area contributed by atoms with Crippen LogP contribution in [0.3, 0.4) is 0 Å². The normalized spacial score (nSPS) is 13.0. The Bertz CT molecular complexity index is 897. The number of rotatable bonds is 4.